The molecule has 1 aliphatic heterocycles. The molecule has 0 saturated carbocycles. The molecule has 0 spiro atoms. The monoisotopic (exact) mass is 308 g/mol. The largest absolute Gasteiger partial charge is 0.480 e. The van der Waals surface area contributed by atoms with Crippen molar-refractivity contribution in [2.75, 3.05) is 6.61 Å². The summed E-state index contributed by atoms with van der Waals surface area (Å²) < 4.78 is 0. The van der Waals surface area contributed by atoms with Gasteiger partial charge in [0, 0.05) is 6.42 Å². The molecule has 1 heterocycles. The molecule has 5 atom stereocenters. The number of carboxylic acid groups (broad SMARTS) is 1. The highest BCUT2D eigenvalue weighted by molar-refractivity contribution is 5.87. The standard InChI is InChI=1S/C6H13NO5.C5H7NO3/c7-3(1-8)5(11)6(12)4(10)2-9;7-4-2-1-3(6-4)5(8)9/h1,3-6,9-12H,2,7H2;3H,1-2H2,(H,6,7)(H,8,9)/t3-,4+,5+,6+;3-/m00/s1. The summed E-state index contributed by atoms with van der Waals surface area (Å²) in [7, 11) is 0. The van der Waals surface area contributed by atoms with Crippen molar-refractivity contribution < 1.29 is 39.9 Å². The Morgan fingerprint density at radius 3 is 2.24 bits per heavy atom. The highest BCUT2D eigenvalue weighted by atomic mass is 16.4. The molecule has 0 bridgehead atoms. The van der Waals surface area contributed by atoms with Gasteiger partial charge in [-0.15, -0.1) is 0 Å². The number of nitrogens with one attached hydrogen (secondary N) is 1. The van der Waals surface area contributed by atoms with Crippen LogP contribution >= 0.6 is 0 Å². The first kappa shape index (κ1) is 19.4. The van der Waals surface area contributed by atoms with Crippen LogP contribution in [0.3, 0.4) is 0 Å². The van der Waals surface area contributed by atoms with E-state index in [0.717, 1.165) is 0 Å². The fourth-order valence-electron chi connectivity index (χ4n) is 1.44. The van der Waals surface area contributed by atoms with Gasteiger partial charge in [0.05, 0.1) is 12.6 Å². The van der Waals surface area contributed by atoms with E-state index in [0.29, 0.717) is 12.8 Å². The predicted molar refractivity (Wildman–Crippen MR) is 67.9 cm³/mol. The van der Waals surface area contributed by atoms with Crippen LogP contribution < -0.4 is 11.1 Å². The van der Waals surface area contributed by atoms with Crippen LogP contribution in [0.2, 0.25) is 0 Å². The van der Waals surface area contributed by atoms with E-state index in [4.69, 9.17) is 31.3 Å². The first-order valence-corrected chi connectivity index (χ1v) is 6.12. The summed E-state index contributed by atoms with van der Waals surface area (Å²) in [6, 6.07) is -1.90. The SMILES string of the molecule is N[C@@H](C=O)[C@@H](O)[C@H](O)[C@H](O)CO.O=C1CC[C@@H](C(=O)O)N1. The third-order valence-electron chi connectivity index (χ3n) is 2.78. The average Bonchev–Trinajstić information content (AvgIpc) is 2.91. The summed E-state index contributed by atoms with van der Waals surface area (Å²) in [5, 5.41) is 45.8. The van der Waals surface area contributed by atoms with Crippen molar-refractivity contribution in [2.24, 2.45) is 5.73 Å². The Labute approximate surface area is 120 Å². The summed E-state index contributed by atoms with van der Waals surface area (Å²) in [5.74, 6) is -1.11. The van der Waals surface area contributed by atoms with E-state index in [-0.39, 0.29) is 12.2 Å². The molecule has 122 valence electrons. The average molecular weight is 308 g/mol. The minimum absolute atomic E-state index is 0.164. The molecule has 0 radical (unpaired) electrons. The van der Waals surface area contributed by atoms with Gasteiger partial charge in [0.15, 0.2) is 0 Å². The van der Waals surface area contributed by atoms with Crippen LogP contribution in [0, 0.1) is 0 Å². The molecule has 1 saturated heterocycles. The van der Waals surface area contributed by atoms with Crippen LogP contribution in [-0.2, 0) is 14.4 Å². The van der Waals surface area contributed by atoms with Crippen LogP contribution in [0.25, 0.3) is 0 Å². The van der Waals surface area contributed by atoms with Crippen molar-refractivity contribution in [2.45, 2.75) is 43.2 Å². The lowest BCUT2D eigenvalue weighted by atomic mass is 10.0. The van der Waals surface area contributed by atoms with Crippen molar-refractivity contribution in [3.63, 3.8) is 0 Å². The molecule has 0 aromatic heterocycles. The van der Waals surface area contributed by atoms with Crippen molar-refractivity contribution in [3.05, 3.63) is 0 Å². The molecular weight excluding hydrogens is 288 g/mol. The lowest BCUT2D eigenvalue weighted by molar-refractivity contribution is -0.140. The first-order chi connectivity index (χ1) is 9.74. The third-order valence-corrected chi connectivity index (χ3v) is 2.78. The molecule has 0 aromatic carbocycles. The molecule has 1 fully saturated rings. The number of hydrogen-bond donors (Lipinski definition) is 7. The Morgan fingerprint density at radius 2 is 1.95 bits per heavy atom. The summed E-state index contributed by atoms with van der Waals surface area (Å²) in [6.45, 7) is -0.705. The zero-order chi connectivity index (χ0) is 16.6. The topological polar surface area (TPSA) is 190 Å². The van der Waals surface area contributed by atoms with Gasteiger partial charge in [0.2, 0.25) is 5.91 Å². The molecule has 1 aliphatic rings. The number of aliphatic carboxylic acids is 1. The Hall–Kier alpha value is -1.59. The highest BCUT2D eigenvalue weighted by Crippen LogP contribution is 2.05. The number of hydrogen-bond acceptors (Lipinski definition) is 8. The number of amides is 1. The quantitative estimate of drug-likeness (QED) is 0.239. The van der Waals surface area contributed by atoms with Gasteiger partial charge < -0.3 is 41.4 Å². The smallest absolute Gasteiger partial charge is 0.326 e. The predicted octanol–water partition coefficient (Wildman–Crippen LogP) is -4.06. The molecule has 0 aromatic rings. The number of rotatable bonds is 6. The van der Waals surface area contributed by atoms with Gasteiger partial charge in [-0.05, 0) is 6.42 Å². The fourth-order valence-corrected chi connectivity index (χ4v) is 1.44. The lowest BCUT2D eigenvalue weighted by Gasteiger charge is -2.23. The number of nitrogens with two attached hydrogens (primary N) is 1. The summed E-state index contributed by atoms with van der Waals surface area (Å²) in [6.07, 6.45) is -3.66. The van der Waals surface area contributed by atoms with Gasteiger partial charge in [-0.2, -0.15) is 0 Å². The number of carbonyl (C=O) groups excluding carboxylic acids is 2. The van der Waals surface area contributed by atoms with Crippen molar-refractivity contribution >= 4 is 18.2 Å². The van der Waals surface area contributed by atoms with Gasteiger partial charge in [0.25, 0.3) is 0 Å². The van der Waals surface area contributed by atoms with E-state index < -0.39 is 43.0 Å². The van der Waals surface area contributed by atoms with E-state index >= 15 is 0 Å². The normalized spacial score (nSPS) is 23.1. The Kier molecular flexibility index (Phi) is 8.66. The highest BCUT2D eigenvalue weighted by Gasteiger charge is 2.28. The van der Waals surface area contributed by atoms with E-state index in [9.17, 15) is 14.4 Å². The molecule has 1 amide bonds. The fraction of sp³-hybridized carbons (Fsp3) is 0.727. The Morgan fingerprint density at radius 1 is 1.38 bits per heavy atom. The van der Waals surface area contributed by atoms with Crippen molar-refractivity contribution in [1.82, 2.24) is 5.32 Å². The summed E-state index contributed by atoms with van der Waals surface area (Å²) in [4.78, 5) is 30.5. The molecule has 0 unspecified atom stereocenters. The second-order valence-corrected chi connectivity index (χ2v) is 4.44. The zero-order valence-corrected chi connectivity index (χ0v) is 11.1. The van der Waals surface area contributed by atoms with E-state index in [2.05, 4.69) is 5.32 Å². The van der Waals surface area contributed by atoms with Crippen LogP contribution in [0.4, 0.5) is 0 Å². The number of carbonyl (C=O) groups is 3. The number of aliphatic hydroxyl groups excluding tert-OH is 4. The number of aliphatic hydroxyl groups is 4. The molecule has 8 N–H and O–H groups in total. The summed E-state index contributed by atoms with van der Waals surface area (Å²) in [5.41, 5.74) is 5.04. The Balaban J connectivity index is 0.000000394. The maximum atomic E-state index is 10.4. The van der Waals surface area contributed by atoms with Crippen LogP contribution in [-0.4, -0.2) is 80.7 Å². The number of aldehydes is 1. The molecular formula is C11H20N2O8. The minimum atomic E-state index is -1.62. The maximum Gasteiger partial charge on any atom is 0.326 e. The zero-order valence-electron chi connectivity index (χ0n) is 11.1. The van der Waals surface area contributed by atoms with E-state index in [1.807, 2.05) is 0 Å². The van der Waals surface area contributed by atoms with Crippen LogP contribution in [0.1, 0.15) is 12.8 Å². The molecule has 10 nitrogen and oxygen atoms in total. The second-order valence-electron chi connectivity index (χ2n) is 4.44. The van der Waals surface area contributed by atoms with Crippen molar-refractivity contribution in [3.8, 4) is 0 Å². The van der Waals surface area contributed by atoms with E-state index in [1.165, 1.54) is 0 Å². The molecule has 1 rings (SSSR count). The maximum absolute atomic E-state index is 10.4. The molecule has 0 aliphatic carbocycles. The molecule has 21 heavy (non-hydrogen) atoms. The third kappa shape index (κ3) is 6.60. The lowest BCUT2D eigenvalue weighted by Crippen LogP contribution is -2.49. The van der Waals surface area contributed by atoms with E-state index in [1.54, 1.807) is 0 Å². The van der Waals surface area contributed by atoms with Gasteiger partial charge >= 0.3 is 5.97 Å². The van der Waals surface area contributed by atoms with Gasteiger partial charge in [-0.1, -0.05) is 0 Å². The first-order valence-electron chi connectivity index (χ1n) is 6.12. The van der Waals surface area contributed by atoms with Gasteiger partial charge in [-0.25, -0.2) is 4.79 Å². The van der Waals surface area contributed by atoms with Crippen molar-refractivity contribution in [1.29, 1.82) is 0 Å². The second kappa shape index (κ2) is 9.37. The minimum Gasteiger partial charge on any atom is -0.480 e. The van der Waals surface area contributed by atoms with Gasteiger partial charge in [-0.3, -0.25) is 4.79 Å². The molecule has 10 heteroatoms. The van der Waals surface area contributed by atoms with Crippen LogP contribution in [0.15, 0.2) is 0 Å². The Bertz CT molecular complexity index is 364. The number of carboxylic acids is 1. The summed E-state index contributed by atoms with van der Waals surface area (Å²) >= 11 is 0. The van der Waals surface area contributed by atoms with Crippen LogP contribution in [0.5, 0.6) is 0 Å². The van der Waals surface area contributed by atoms with Gasteiger partial charge in [0.1, 0.15) is 30.6 Å².